The second kappa shape index (κ2) is 3.84. The molecule has 1 aromatic rings. The average molecular weight is 221 g/mol. The first-order chi connectivity index (χ1) is 7.59. The number of anilines is 1. The highest BCUT2D eigenvalue weighted by molar-refractivity contribution is 6.02. The maximum Gasteiger partial charge on any atom is 0.323 e. The van der Waals surface area contributed by atoms with Crippen LogP contribution in [-0.2, 0) is 9.59 Å². The lowest BCUT2D eigenvalue weighted by molar-refractivity contribution is -0.137. The molecule has 1 atom stereocenters. The van der Waals surface area contributed by atoms with Crippen LogP contribution in [0.5, 0.6) is 5.75 Å². The largest absolute Gasteiger partial charge is 0.480 e. The number of amides is 1. The molecule has 0 spiro atoms. The van der Waals surface area contributed by atoms with E-state index in [2.05, 4.69) is 0 Å². The van der Waals surface area contributed by atoms with Gasteiger partial charge in [-0.15, -0.1) is 0 Å². The second-order valence-electron chi connectivity index (χ2n) is 3.55. The molecule has 1 N–H and O–H groups in total. The normalized spacial score (nSPS) is 18.9. The van der Waals surface area contributed by atoms with Gasteiger partial charge in [0.25, 0.3) is 5.91 Å². The van der Waals surface area contributed by atoms with Crippen LogP contribution in [0.3, 0.4) is 0 Å². The fourth-order valence-electron chi connectivity index (χ4n) is 1.66. The summed E-state index contributed by atoms with van der Waals surface area (Å²) in [6.07, 6.45) is -0.644. The fraction of sp³-hybridized carbons (Fsp3) is 0.273. The van der Waals surface area contributed by atoms with Crippen molar-refractivity contribution in [2.75, 3.05) is 11.4 Å². The van der Waals surface area contributed by atoms with Gasteiger partial charge in [0.05, 0.1) is 5.69 Å². The smallest absolute Gasteiger partial charge is 0.323 e. The number of hydrogen-bond acceptors (Lipinski definition) is 3. The Hall–Kier alpha value is -2.04. The molecule has 5 heteroatoms. The number of fused-ring (bicyclic) bond motifs is 1. The van der Waals surface area contributed by atoms with Crippen molar-refractivity contribution in [3.05, 3.63) is 24.3 Å². The van der Waals surface area contributed by atoms with Crippen LogP contribution >= 0.6 is 0 Å². The van der Waals surface area contributed by atoms with Crippen LogP contribution in [0, 0.1) is 0 Å². The van der Waals surface area contributed by atoms with Gasteiger partial charge in [0, 0.05) is 0 Å². The SMILES string of the molecule is CC1Oc2ccccc2N(CC(=O)O)C1=O. The van der Waals surface area contributed by atoms with E-state index in [1.54, 1.807) is 31.2 Å². The number of para-hydroxylation sites is 2. The van der Waals surface area contributed by atoms with Gasteiger partial charge in [0.15, 0.2) is 6.10 Å². The van der Waals surface area contributed by atoms with E-state index in [4.69, 9.17) is 9.84 Å². The van der Waals surface area contributed by atoms with Crippen molar-refractivity contribution >= 4 is 17.6 Å². The molecule has 1 amide bonds. The minimum absolute atomic E-state index is 0.332. The van der Waals surface area contributed by atoms with Gasteiger partial charge >= 0.3 is 5.97 Å². The lowest BCUT2D eigenvalue weighted by atomic mass is 10.2. The molecule has 1 aliphatic heterocycles. The number of carbonyl (C=O) groups excluding carboxylic acids is 1. The van der Waals surface area contributed by atoms with Gasteiger partial charge in [-0.05, 0) is 19.1 Å². The Labute approximate surface area is 92.2 Å². The summed E-state index contributed by atoms with van der Waals surface area (Å²) in [7, 11) is 0. The Kier molecular flexibility index (Phi) is 2.52. The monoisotopic (exact) mass is 221 g/mol. The molecule has 1 unspecified atom stereocenters. The summed E-state index contributed by atoms with van der Waals surface area (Å²) in [5.74, 6) is -0.839. The zero-order valence-corrected chi connectivity index (χ0v) is 8.71. The van der Waals surface area contributed by atoms with Crippen molar-refractivity contribution in [3.8, 4) is 5.75 Å². The van der Waals surface area contributed by atoms with E-state index in [0.29, 0.717) is 11.4 Å². The van der Waals surface area contributed by atoms with Crippen LogP contribution in [0.15, 0.2) is 24.3 Å². The number of rotatable bonds is 2. The van der Waals surface area contributed by atoms with E-state index in [1.807, 2.05) is 0 Å². The molecule has 1 heterocycles. The summed E-state index contributed by atoms with van der Waals surface area (Å²) in [4.78, 5) is 23.7. The molecule has 16 heavy (non-hydrogen) atoms. The van der Waals surface area contributed by atoms with Crippen molar-refractivity contribution in [2.24, 2.45) is 0 Å². The lowest BCUT2D eigenvalue weighted by Crippen LogP contribution is -2.46. The quantitative estimate of drug-likeness (QED) is 0.805. The Morgan fingerprint density at radius 2 is 2.19 bits per heavy atom. The van der Waals surface area contributed by atoms with Gasteiger partial charge in [-0.3, -0.25) is 14.5 Å². The Morgan fingerprint density at radius 1 is 1.50 bits per heavy atom. The molecule has 0 radical (unpaired) electrons. The maximum absolute atomic E-state index is 11.8. The minimum Gasteiger partial charge on any atom is -0.480 e. The van der Waals surface area contributed by atoms with Crippen LogP contribution in [0.2, 0.25) is 0 Å². The average Bonchev–Trinajstić information content (AvgIpc) is 2.24. The van der Waals surface area contributed by atoms with E-state index in [9.17, 15) is 9.59 Å². The number of nitrogens with zero attached hydrogens (tertiary/aromatic N) is 1. The van der Waals surface area contributed by atoms with Gasteiger partial charge in [-0.25, -0.2) is 0 Å². The molecule has 84 valence electrons. The number of carbonyl (C=O) groups is 2. The Bertz CT molecular complexity index is 443. The van der Waals surface area contributed by atoms with Gasteiger partial charge in [-0.1, -0.05) is 12.1 Å². The molecule has 0 saturated carbocycles. The van der Waals surface area contributed by atoms with Gasteiger partial charge < -0.3 is 9.84 Å². The number of carboxylic acid groups (broad SMARTS) is 1. The maximum atomic E-state index is 11.8. The molecule has 0 aliphatic carbocycles. The van der Waals surface area contributed by atoms with Crippen LogP contribution in [0.4, 0.5) is 5.69 Å². The molecule has 0 aromatic heterocycles. The zero-order valence-electron chi connectivity index (χ0n) is 8.71. The molecule has 0 bridgehead atoms. The topological polar surface area (TPSA) is 66.8 Å². The Morgan fingerprint density at radius 3 is 2.88 bits per heavy atom. The predicted molar refractivity (Wildman–Crippen MR) is 56.5 cm³/mol. The molecule has 5 nitrogen and oxygen atoms in total. The molecule has 1 aliphatic rings. The first kappa shape index (κ1) is 10.5. The summed E-state index contributed by atoms with van der Waals surface area (Å²) in [6, 6.07) is 6.90. The third-order valence-corrected chi connectivity index (χ3v) is 2.37. The van der Waals surface area contributed by atoms with Crippen molar-refractivity contribution in [2.45, 2.75) is 13.0 Å². The number of aliphatic carboxylic acids is 1. The van der Waals surface area contributed by atoms with E-state index < -0.39 is 12.1 Å². The minimum atomic E-state index is -1.04. The van der Waals surface area contributed by atoms with Crippen molar-refractivity contribution in [1.82, 2.24) is 0 Å². The van der Waals surface area contributed by atoms with Gasteiger partial charge in [-0.2, -0.15) is 0 Å². The van der Waals surface area contributed by atoms with Crippen LogP contribution in [-0.4, -0.2) is 29.6 Å². The van der Waals surface area contributed by atoms with Gasteiger partial charge in [0.1, 0.15) is 12.3 Å². The Balaban J connectivity index is 2.41. The zero-order chi connectivity index (χ0) is 11.7. The number of carboxylic acids is 1. The van der Waals surface area contributed by atoms with E-state index in [-0.39, 0.29) is 12.5 Å². The van der Waals surface area contributed by atoms with Crippen LogP contribution in [0.1, 0.15) is 6.92 Å². The molecule has 0 fully saturated rings. The standard InChI is InChI=1S/C11H11NO4/c1-7-11(15)12(6-10(13)14)8-4-2-3-5-9(8)16-7/h2-5,7H,6H2,1H3,(H,13,14). The molecule has 2 rings (SSSR count). The summed E-state index contributed by atoms with van der Waals surface area (Å²) >= 11 is 0. The summed E-state index contributed by atoms with van der Waals surface area (Å²) < 4.78 is 5.37. The first-order valence-electron chi connectivity index (χ1n) is 4.88. The highest BCUT2D eigenvalue weighted by atomic mass is 16.5. The first-order valence-corrected chi connectivity index (χ1v) is 4.88. The highest BCUT2D eigenvalue weighted by Gasteiger charge is 2.32. The fourth-order valence-corrected chi connectivity index (χ4v) is 1.66. The van der Waals surface area contributed by atoms with Crippen molar-refractivity contribution in [1.29, 1.82) is 0 Å². The van der Waals surface area contributed by atoms with Crippen LogP contribution < -0.4 is 9.64 Å². The highest BCUT2D eigenvalue weighted by Crippen LogP contribution is 2.33. The number of benzene rings is 1. The van der Waals surface area contributed by atoms with Crippen molar-refractivity contribution < 1.29 is 19.4 Å². The molecule has 0 saturated heterocycles. The van der Waals surface area contributed by atoms with E-state index >= 15 is 0 Å². The lowest BCUT2D eigenvalue weighted by Gasteiger charge is -2.31. The van der Waals surface area contributed by atoms with E-state index in [0.717, 1.165) is 0 Å². The number of ether oxygens (including phenoxy) is 1. The molecular weight excluding hydrogens is 210 g/mol. The van der Waals surface area contributed by atoms with Crippen LogP contribution in [0.25, 0.3) is 0 Å². The molecular formula is C11H11NO4. The summed E-state index contributed by atoms with van der Waals surface area (Å²) in [5.41, 5.74) is 0.507. The summed E-state index contributed by atoms with van der Waals surface area (Å²) in [5, 5.41) is 8.76. The third kappa shape index (κ3) is 1.71. The van der Waals surface area contributed by atoms with E-state index in [1.165, 1.54) is 4.90 Å². The van der Waals surface area contributed by atoms with Gasteiger partial charge in [0.2, 0.25) is 0 Å². The van der Waals surface area contributed by atoms with Crippen molar-refractivity contribution in [3.63, 3.8) is 0 Å². The predicted octanol–water partition coefficient (Wildman–Crippen LogP) is 0.885. The second-order valence-corrected chi connectivity index (χ2v) is 3.55. The molecule has 1 aromatic carbocycles. The summed E-state index contributed by atoms with van der Waals surface area (Å²) in [6.45, 7) is 1.26. The third-order valence-electron chi connectivity index (χ3n) is 2.37. The number of hydrogen-bond donors (Lipinski definition) is 1.